The second-order valence-electron chi connectivity index (χ2n) is 11.6. The van der Waals surface area contributed by atoms with Gasteiger partial charge in [0, 0.05) is 35.7 Å². The van der Waals surface area contributed by atoms with Crippen LogP contribution < -0.4 is 14.4 Å². The van der Waals surface area contributed by atoms with Crippen molar-refractivity contribution >= 4 is 44.8 Å². The van der Waals surface area contributed by atoms with Crippen molar-refractivity contribution in [3.05, 3.63) is 129 Å². The summed E-state index contributed by atoms with van der Waals surface area (Å²) in [5.74, 6) is -1.74. The second kappa shape index (κ2) is 15.9. The van der Waals surface area contributed by atoms with Crippen LogP contribution in [0.15, 0.2) is 95.9 Å². The largest absolute Gasteiger partial charge is 0.495 e. The van der Waals surface area contributed by atoms with Crippen molar-refractivity contribution in [3.63, 3.8) is 0 Å². The maximum Gasteiger partial charge on any atom is 0.273 e. The number of benzene rings is 4. The standard InChI is InChI=1S/C35H36ClFN4O7S/c1-23(2)38-35(43)32(18-25-8-6-5-7-9-25)39(21-26-11-14-28(37)15-12-26)34(42)22-40(31-19-27(36)13-17-33(31)48-4)49(46,47)29-16-10-24(3)30(20-29)41(44)45/h5-17,19-20,23,32H,18,21-22H2,1-4H3,(H,38,43)/t32-/m1/s1. The quantitative estimate of drug-likeness (QED) is 0.124. The number of nitrogens with one attached hydrogen (secondary N) is 1. The van der Waals surface area contributed by atoms with Crippen LogP contribution in [-0.2, 0) is 32.6 Å². The molecule has 0 aliphatic heterocycles. The second-order valence-corrected chi connectivity index (χ2v) is 13.8. The zero-order valence-electron chi connectivity index (χ0n) is 27.3. The molecule has 4 aromatic carbocycles. The van der Waals surface area contributed by atoms with E-state index in [1.54, 1.807) is 38.1 Å². The first kappa shape index (κ1) is 36.8. The van der Waals surface area contributed by atoms with Gasteiger partial charge in [0.15, 0.2) is 0 Å². The van der Waals surface area contributed by atoms with Crippen LogP contribution in [0.25, 0.3) is 0 Å². The Hall–Kier alpha value is -5.01. The third kappa shape index (κ3) is 9.12. The number of methoxy groups -OCH3 is 1. The summed E-state index contributed by atoms with van der Waals surface area (Å²) in [6, 6.07) is 20.6. The van der Waals surface area contributed by atoms with E-state index in [2.05, 4.69) is 5.32 Å². The van der Waals surface area contributed by atoms with Gasteiger partial charge in [-0.15, -0.1) is 0 Å². The molecule has 0 bridgehead atoms. The van der Waals surface area contributed by atoms with Crippen LogP contribution in [0.4, 0.5) is 15.8 Å². The van der Waals surface area contributed by atoms with Gasteiger partial charge in [0.2, 0.25) is 11.8 Å². The van der Waals surface area contributed by atoms with Crippen LogP contribution in [0.2, 0.25) is 5.02 Å². The van der Waals surface area contributed by atoms with Crippen LogP contribution in [0, 0.1) is 22.9 Å². The van der Waals surface area contributed by atoms with Gasteiger partial charge < -0.3 is 15.0 Å². The summed E-state index contributed by atoms with van der Waals surface area (Å²) in [6.07, 6.45) is 0.0731. The van der Waals surface area contributed by atoms with E-state index < -0.39 is 55.7 Å². The summed E-state index contributed by atoms with van der Waals surface area (Å²) >= 11 is 6.31. The number of aryl methyl sites for hydroxylation is 1. The number of halogens is 2. The third-order valence-corrected chi connectivity index (χ3v) is 9.61. The highest BCUT2D eigenvalue weighted by atomic mass is 35.5. The average Bonchev–Trinajstić information content (AvgIpc) is 3.06. The lowest BCUT2D eigenvalue weighted by molar-refractivity contribution is -0.385. The Labute approximate surface area is 289 Å². The van der Waals surface area contributed by atoms with Gasteiger partial charge in [-0.1, -0.05) is 60.1 Å². The van der Waals surface area contributed by atoms with Gasteiger partial charge in [0.25, 0.3) is 15.7 Å². The third-order valence-electron chi connectivity index (χ3n) is 7.62. The minimum absolute atomic E-state index is 0.0471. The van der Waals surface area contributed by atoms with E-state index in [-0.39, 0.29) is 41.0 Å². The first-order valence-corrected chi connectivity index (χ1v) is 17.0. The number of nitro benzene ring substituents is 1. The van der Waals surface area contributed by atoms with Gasteiger partial charge in [-0.05, 0) is 68.3 Å². The number of sulfonamides is 1. The monoisotopic (exact) mass is 710 g/mol. The minimum Gasteiger partial charge on any atom is -0.495 e. The lowest BCUT2D eigenvalue weighted by Gasteiger charge is -2.34. The fourth-order valence-electron chi connectivity index (χ4n) is 5.17. The first-order chi connectivity index (χ1) is 23.2. The molecule has 1 atom stereocenters. The molecule has 0 aromatic heterocycles. The van der Waals surface area contributed by atoms with Crippen LogP contribution in [0.5, 0.6) is 5.75 Å². The Morgan fingerprint density at radius 3 is 2.27 bits per heavy atom. The van der Waals surface area contributed by atoms with Gasteiger partial charge in [-0.25, -0.2) is 12.8 Å². The van der Waals surface area contributed by atoms with Crippen LogP contribution in [-0.4, -0.2) is 55.8 Å². The number of hydrogen-bond acceptors (Lipinski definition) is 7. The number of carbonyl (C=O) groups excluding carboxylic acids is 2. The number of anilines is 1. The molecular weight excluding hydrogens is 675 g/mol. The van der Waals surface area contributed by atoms with E-state index in [1.807, 2.05) is 6.07 Å². The van der Waals surface area contributed by atoms with Crippen LogP contribution in [0.1, 0.15) is 30.5 Å². The summed E-state index contributed by atoms with van der Waals surface area (Å²) in [4.78, 5) is 40.2. The highest BCUT2D eigenvalue weighted by molar-refractivity contribution is 7.92. The summed E-state index contributed by atoms with van der Waals surface area (Å²) in [7, 11) is -3.41. The van der Waals surface area contributed by atoms with Gasteiger partial charge in [0.1, 0.15) is 24.2 Å². The molecule has 258 valence electrons. The number of amides is 2. The molecule has 1 N–H and O–H groups in total. The van der Waals surface area contributed by atoms with Crippen LogP contribution in [0.3, 0.4) is 0 Å². The topological polar surface area (TPSA) is 139 Å². The van der Waals surface area contributed by atoms with Crippen molar-refractivity contribution in [2.75, 3.05) is 18.0 Å². The van der Waals surface area contributed by atoms with Crippen molar-refractivity contribution in [1.29, 1.82) is 0 Å². The number of rotatable bonds is 14. The van der Waals surface area contributed by atoms with Crippen molar-refractivity contribution in [3.8, 4) is 5.75 Å². The van der Waals surface area contributed by atoms with Crippen molar-refractivity contribution in [2.45, 2.75) is 50.7 Å². The molecule has 4 rings (SSSR count). The molecule has 2 amide bonds. The molecule has 14 heteroatoms. The van der Waals surface area contributed by atoms with E-state index in [9.17, 15) is 32.5 Å². The molecule has 0 saturated heterocycles. The van der Waals surface area contributed by atoms with E-state index in [0.717, 1.165) is 15.9 Å². The first-order valence-electron chi connectivity index (χ1n) is 15.2. The smallest absolute Gasteiger partial charge is 0.273 e. The summed E-state index contributed by atoms with van der Waals surface area (Å²) < 4.78 is 48.9. The van der Waals surface area contributed by atoms with E-state index in [4.69, 9.17) is 16.3 Å². The zero-order chi connectivity index (χ0) is 35.9. The maximum atomic E-state index is 14.6. The number of nitrogens with zero attached hydrogens (tertiary/aromatic N) is 3. The Balaban J connectivity index is 1.89. The van der Waals surface area contributed by atoms with Crippen LogP contribution >= 0.6 is 11.6 Å². The fourth-order valence-corrected chi connectivity index (χ4v) is 6.77. The minimum atomic E-state index is -4.71. The molecule has 49 heavy (non-hydrogen) atoms. The maximum absolute atomic E-state index is 14.6. The van der Waals surface area contributed by atoms with Gasteiger partial charge in [-0.3, -0.25) is 24.0 Å². The molecule has 0 unspecified atom stereocenters. The molecule has 0 saturated carbocycles. The number of hydrogen-bond donors (Lipinski definition) is 1. The molecule has 0 radical (unpaired) electrons. The molecular formula is C35H36ClFN4O7S. The predicted octanol–water partition coefficient (Wildman–Crippen LogP) is 6.06. The summed E-state index contributed by atoms with van der Waals surface area (Å²) in [5, 5.41) is 14.7. The Bertz CT molecular complexity index is 1930. The SMILES string of the molecule is COc1ccc(Cl)cc1N(CC(=O)N(Cc1ccc(F)cc1)[C@H](Cc1ccccc1)C(=O)NC(C)C)S(=O)(=O)c1ccc(C)c([N+](=O)[O-])c1. The van der Waals surface area contributed by atoms with E-state index in [0.29, 0.717) is 5.56 Å². The number of carbonyl (C=O) groups is 2. The molecule has 0 aliphatic carbocycles. The number of nitro groups is 1. The van der Waals surface area contributed by atoms with Crippen molar-refractivity contribution in [2.24, 2.45) is 0 Å². The van der Waals surface area contributed by atoms with Gasteiger partial charge >= 0.3 is 0 Å². The molecule has 4 aromatic rings. The van der Waals surface area contributed by atoms with Crippen molar-refractivity contribution in [1.82, 2.24) is 10.2 Å². The Kier molecular flexibility index (Phi) is 12.0. The zero-order valence-corrected chi connectivity index (χ0v) is 28.9. The lowest BCUT2D eigenvalue weighted by atomic mass is 10.0. The van der Waals surface area contributed by atoms with Gasteiger partial charge in [-0.2, -0.15) is 0 Å². The summed E-state index contributed by atoms with van der Waals surface area (Å²) in [5.41, 5.74) is 0.902. The molecule has 0 heterocycles. The predicted molar refractivity (Wildman–Crippen MR) is 185 cm³/mol. The molecule has 0 aliphatic rings. The summed E-state index contributed by atoms with van der Waals surface area (Å²) in [6.45, 7) is 3.97. The normalized spacial score (nSPS) is 11.9. The number of ether oxygens (including phenoxy) is 1. The fraction of sp³-hybridized carbons (Fsp3) is 0.257. The van der Waals surface area contributed by atoms with E-state index >= 15 is 0 Å². The highest BCUT2D eigenvalue weighted by Gasteiger charge is 2.36. The average molecular weight is 711 g/mol. The molecule has 11 nitrogen and oxygen atoms in total. The Morgan fingerprint density at radius 1 is 0.980 bits per heavy atom. The highest BCUT2D eigenvalue weighted by Crippen LogP contribution is 2.36. The van der Waals surface area contributed by atoms with Gasteiger partial charge in [0.05, 0.1) is 22.6 Å². The molecule has 0 spiro atoms. The molecule has 0 fully saturated rings. The Morgan fingerprint density at radius 2 is 1.65 bits per heavy atom. The lowest BCUT2D eigenvalue weighted by Crippen LogP contribution is -2.54. The van der Waals surface area contributed by atoms with Crippen molar-refractivity contribution < 1.29 is 32.1 Å². The van der Waals surface area contributed by atoms with E-state index in [1.165, 1.54) is 73.5 Å².